The normalized spacial score (nSPS) is 10.2. The van der Waals surface area contributed by atoms with E-state index in [9.17, 15) is 4.79 Å². The van der Waals surface area contributed by atoms with Gasteiger partial charge in [-0.3, -0.25) is 4.98 Å². The fourth-order valence-corrected chi connectivity index (χ4v) is 2.42. The molecule has 2 aromatic heterocycles. The van der Waals surface area contributed by atoms with Crippen molar-refractivity contribution in [2.45, 2.75) is 13.3 Å². The highest BCUT2D eigenvalue weighted by atomic mass is 32.1. The first-order valence-corrected chi connectivity index (χ1v) is 7.04. The van der Waals surface area contributed by atoms with Gasteiger partial charge in [-0.15, -0.1) is 0 Å². The number of ether oxygens (including phenoxy) is 1. The van der Waals surface area contributed by atoms with E-state index in [1.165, 1.54) is 0 Å². The Balaban J connectivity index is 1.98. The SMILES string of the molecule is CCOC(=O)c1c(N)nsc1NCCc1cccnc1. The number of hydrogen-bond donors (Lipinski definition) is 2. The highest BCUT2D eigenvalue weighted by Crippen LogP contribution is 2.27. The van der Waals surface area contributed by atoms with Crippen molar-refractivity contribution in [2.75, 3.05) is 24.2 Å². The van der Waals surface area contributed by atoms with Crippen LogP contribution in [0.5, 0.6) is 0 Å². The maximum atomic E-state index is 11.8. The van der Waals surface area contributed by atoms with Gasteiger partial charge in [-0.05, 0) is 36.5 Å². The summed E-state index contributed by atoms with van der Waals surface area (Å²) in [6.45, 7) is 2.73. The van der Waals surface area contributed by atoms with E-state index < -0.39 is 5.97 Å². The van der Waals surface area contributed by atoms with Crippen molar-refractivity contribution in [3.05, 3.63) is 35.7 Å². The number of anilines is 2. The Morgan fingerprint density at radius 2 is 2.40 bits per heavy atom. The number of pyridine rings is 1. The fraction of sp³-hybridized carbons (Fsp3) is 0.308. The average Bonchev–Trinajstić information content (AvgIpc) is 2.81. The summed E-state index contributed by atoms with van der Waals surface area (Å²) in [6, 6.07) is 3.89. The number of nitrogens with one attached hydrogen (secondary N) is 1. The van der Waals surface area contributed by atoms with Crippen molar-refractivity contribution in [1.29, 1.82) is 0 Å². The number of rotatable bonds is 6. The monoisotopic (exact) mass is 292 g/mol. The van der Waals surface area contributed by atoms with Gasteiger partial charge in [0, 0.05) is 18.9 Å². The second kappa shape index (κ2) is 6.85. The van der Waals surface area contributed by atoms with Crippen LogP contribution in [0.25, 0.3) is 0 Å². The summed E-state index contributed by atoms with van der Waals surface area (Å²) < 4.78 is 8.96. The highest BCUT2D eigenvalue weighted by molar-refractivity contribution is 7.11. The van der Waals surface area contributed by atoms with Crippen LogP contribution >= 0.6 is 11.5 Å². The Kier molecular flexibility index (Phi) is 4.89. The number of nitrogens with zero attached hydrogens (tertiary/aromatic N) is 2. The van der Waals surface area contributed by atoms with E-state index in [1.54, 1.807) is 13.1 Å². The zero-order chi connectivity index (χ0) is 14.4. The Labute approximate surface area is 121 Å². The molecule has 0 unspecified atom stereocenters. The molecule has 0 aromatic carbocycles. The number of carbonyl (C=O) groups excluding carboxylic acids is 1. The maximum absolute atomic E-state index is 11.8. The van der Waals surface area contributed by atoms with Gasteiger partial charge in [0.15, 0.2) is 5.82 Å². The van der Waals surface area contributed by atoms with Crippen molar-refractivity contribution >= 4 is 28.3 Å². The molecule has 20 heavy (non-hydrogen) atoms. The summed E-state index contributed by atoms with van der Waals surface area (Å²) in [5.74, 6) is -0.236. The molecule has 0 amide bonds. The molecule has 3 N–H and O–H groups in total. The van der Waals surface area contributed by atoms with Crippen LogP contribution in [-0.2, 0) is 11.2 Å². The summed E-state index contributed by atoms with van der Waals surface area (Å²) in [5, 5.41) is 3.81. The molecule has 7 heteroatoms. The van der Waals surface area contributed by atoms with E-state index in [2.05, 4.69) is 14.7 Å². The van der Waals surface area contributed by atoms with E-state index in [-0.39, 0.29) is 5.82 Å². The topological polar surface area (TPSA) is 90.1 Å². The molecule has 2 aromatic rings. The lowest BCUT2D eigenvalue weighted by atomic mass is 10.2. The Morgan fingerprint density at radius 1 is 1.55 bits per heavy atom. The lowest BCUT2D eigenvalue weighted by Gasteiger charge is -2.06. The molecule has 2 rings (SSSR count). The standard InChI is InChI=1S/C13H16N4O2S/c1-2-19-13(18)10-11(14)17-20-12(10)16-7-5-9-4-3-6-15-8-9/h3-4,6,8,16H,2,5,7H2,1H3,(H2,14,17). The van der Waals surface area contributed by atoms with Crippen LogP contribution in [0.4, 0.5) is 10.8 Å². The first-order valence-electron chi connectivity index (χ1n) is 6.27. The van der Waals surface area contributed by atoms with Gasteiger partial charge in [-0.1, -0.05) is 6.07 Å². The van der Waals surface area contributed by atoms with Gasteiger partial charge in [-0.2, -0.15) is 4.37 Å². The first-order chi connectivity index (χ1) is 9.72. The molecular formula is C13H16N4O2S. The minimum absolute atomic E-state index is 0.206. The van der Waals surface area contributed by atoms with Crippen LogP contribution in [0.3, 0.4) is 0 Å². The molecule has 6 nitrogen and oxygen atoms in total. The quantitative estimate of drug-likeness (QED) is 0.791. The van der Waals surface area contributed by atoms with E-state index in [0.717, 1.165) is 23.5 Å². The third-order valence-electron chi connectivity index (χ3n) is 2.62. The van der Waals surface area contributed by atoms with Crippen molar-refractivity contribution in [3.63, 3.8) is 0 Å². The van der Waals surface area contributed by atoms with Crippen LogP contribution in [0, 0.1) is 0 Å². The molecule has 0 spiro atoms. The number of nitrogens with two attached hydrogens (primary N) is 1. The second-order valence-corrected chi connectivity index (χ2v) is 4.80. The number of carbonyl (C=O) groups is 1. The zero-order valence-electron chi connectivity index (χ0n) is 11.1. The predicted molar refractivity (Wildman–Crippen MR) is 78.9 cm³/mol. The first kappa shape index (κ1) is 14.3. The van der Waals surface area contributed by atoms with Gasteiger partial charge < -0.3 is 15.8 Å². The summed E-state index contributed by atoms with van der Waals surface area (Å²) in [4.78, 5) is 15.8. The summed E-state index contributed by atoms with van der Waals surface area (Å²) >= 11 is 1.16. The van der Waals surface area contributed by atoms with Crippen LogP contribution < -0.4 is 11.1 Å². The molecule has 0 aliphatic rings. The number of esters is 1. The maximum Gasteiger partial charge on any atom is 0.344 e. The van der Waals surface area contributed by atoms with E-state index in [1.807, 2.05) is 18.3 Å². The molecule has 0 fully saturated rings. The minimum Gasteiger partial charge on any atom is -0.462 e. The van der Waals surface area contributed by atoms with Gasteiger partial charge in [0.1, 0.15) is 10.6 Å². The molecule has 106 valence electrons. The van der Waals surface area contributed by atoms with Crippen molar-refractivity contribution in [2.24, 2.45) is 0 Å². The lowest BCUT2D eigenvalue weighted by molar-refractivity contribution is 0.0529. The van der Waals surface area contributed by atoms with E-state index in [0.29, 0.717) is 23.7 Å². The van der Waals surface area contributed by atoms with E-state index in [4.69, 9.17) is 10.5 Å². The third kappa shape index (κ3) is 3.45. The Morgan fingerprint density at radius 3 is 3.10 bits per heavy atom. The Hall–Kier alpha value is -2.15. The van der Waals surface area contributed by atoms with E-state index >= 15 is 0 Å². The molecule has 0 atom stereocenters. The molecular weight excluding hydrogens is 276 g/mol. The van der Waals surface area contributed by atoms with Crippen molar-refractivity contribution in [3.8, 4) is 0 Å². The summed E-state index contributed by atoms with van der Waals surface area (Å²) in [5.41, 5.74) is 7.15. The summed E-state index contributed by atoms with van der Waals surface area (Å²) in [6.07, 6.45) is 4.35. The molecule has 0 radical (unpaired) electrons. The van der Waals surface area contributed by atoms with Crippen molar-refractivity contribution in [1.82, 2.24) is 9.36 Å². The molecule has 2 heterocycles. The van der Waals surface area contributed by atoms with Crippen LogP contribution in [0.1, 0.15) is 22.8 Å². The fourth-order valence-electron chi connectivity index (χ4n) is 1.69. The highest BCUT2D eigenvalue weighted by Gasteiger charge is 2.20. The molecule has 0 bridgehead atoms. The zero-order valence-corrected chi connectivity index (χ0v) is 11.9. The van der Waals surface area contributed by atoms with Crippen LogP contribution in [0.15, 0.2) is 24.5 Å². The summed E-state index contributed by atoms with van der Waals surface area (Å²) in [7, 11) is 0. The van der Waals surface area contributed by atoms with Gasteiger partial charge in [0.25, 0.3) is 0 Å². The van der Waals surface area contributed by atoms with Gasteiger partial charge in [0.2, 0.25) is 0 Å². The van der Waals surface area contributed by atoms with Gasteiger partial charge in [-0.25, -0.2) is 4.79 Å². The molecule has 0 saturated carbocycles. The number of aromatic nitrogens is 2. The van der Waals surface area contributed by atoms with Crippen LogP contribution in [-0.4, -0.2) is 28.5 Å². The Bertz CT molecular complexity index is 571. The number of nitrogen functional groups attached to an aromatic ring is 1. The minimum atomic E-state index is -0.442. The smallest absolute Gasteiger partial charge is 0.344 e. The number of hydrogen-bond acceptors (Lipinski definition) is 7. The predicted octanol–water partition coefficient (Wildman–Crippen LogP) is 1.95. The van der Waals surface area contributed by atoms with Gasteiger partial charge in [0.05, 0.1) is 6.61 Å². The largest absolute Gasteiger partial charge is 0.462 e. The van der Waals surface area contributed by atoms with Crippen molar-refractivity contribution < 1.29 is 9.53 Å². The molecule has 0 aliphatic heterocycles. The average molecular weight is 292 g/mol. The third-order valence-corrected chi connectivity index (χ3v) is 3.44. The molecule has 0 saturated heterocycles. The lowest BCUT2D eigenvalue weighted by Crippen LogP contribution is -2.11. The molecule has 0 aliphatic carbocycles. The van der Waals surface area contributed by atoms with Crippen LogP contribution in [0.2, 0.25) is 0 Å². The second-order valence-electron chi connectivity index (χ2n) is 4.03. The van der Waals surface area contributed by atoms with Gasteiger partial charge >= 0.3 is 5.97 Å².